The van der Waals surface area contributed by atoms with Crippen molar-refractivity contribution in [2.75, 3.05) is 32.5 Å². The summed E-state index contributed by atoms with van der Waals surface area (Å²) in [6.45, 7) is 3.46. The zero-order valence-electron chi connectivity index (χ0n) is 24.6. The summed E-state index contributed by atoms with van der Waals surface area (Å²) in [5.74, 6) is -4.00. The topological polar surface area (TPSA) is 106 Å². The van der Waals surface area contributed by atoms with Crippen molar-refractivity contribution in [3.05, 3.63) is 101 Å². The van der Waals surface area contributed by atoms with E-state index in [1.165, 1.54) is 18.2 Å². The molecule has 5 rings (SSSR count). The van der Waals surface area contributed by atoms with Crippen molar-refractivity contribution in [2.45, 2.75) is 24.6 Å². The number of likely N-dealkylation sites (N-methyl/N-ethyl adjacent to an activating group) is 1. The fourth-order valence-electron chi connectivity index (χ4n) is 4.61. The number of hydrogen-bond acceptors (Lipinski definition) is 10. The van der Waals surface area contributed by atoms with E-state index >= 15 is 8.78 Å². The lowest BCUT2D eigenvalue weighted by Crippen LogP contribution is -2.24. The van der Waals surface area contributed by atoms with Crippen LogP contribution in [0, 0.1) is 23.0 Å². The van der Waals surface area contributed by atoms with Gasteiger partial charge in [-0.1, -0.05) is 48.5 Å². The van der Waals surface area contributed by atoms with Gasteiger partial charge in [0.1, 0.15) is 12.4 Å². The minimum Gasteiger partial charge on any atom is -0.485 e. The predicted octanol–water partition coefficient (Wildman–Crippen LogP) is 6.58. The van der Waals surface area contributed by atoms with Crippen molar-refractivity contribution in [2.24, 2.45) is 0 Å². The number of aromatic nitrogens is 1. The second-order valence-electron chi connectivity index (χ2n) is 9.90. The van der Waals surface area contributed by atoms with Gasteiger partial charge in [-0.3, -0.25) is 15.0 Å². The molecule has 1 aliphatic heterocycles. The molecule has 0 amide bonds. The van der Waals surface area contributed by atoms with Crippen LogP contribution in [0.2, 0.25) is 0 Å². The largest absolute Gasteiger partial charge is 0.485 e. The fraction of sp³-hybridized carbons (Fsp3) is 0.242. The summed E-state index contributed by atoms with van der Waals surface area (Å²) in [4.78, 5) is 17.7. The monoisotopic (exact) mass is 632 g/mol. The van der Waals surface area contributed by atoms with E-state index < -0.39 is 34.3 Å². The van der Waals surface area contributed by atoms with Gasteiger partial charge in [0.2, 0.25) is 11.6 Å². The van der Waals surface area contributed by atoms with Gasteiger partial charge in [-0.15, -0.1) is 11.8 Å². The number of ether oxygens (including phenoxy) is 4. The third-order valence-electron chi connectivity index (χ3n) is 6.80. The molecular formula is C33H30F2N4O5S. The maximum Gasteiger partial charge on any atom is 0.316 e. The molecule has 0 aliphatic carbocycles. The second-order valence-corrected chi connectivity index (χ2v) is 10.9. The molecule has 4 aromatic rings. The number of carbonyl (C=O) groups excluding carboxylic acids is 1. The van der Waals surface area contributed by atoms with Crippen LogP contribution >= 0.6 is 11.8 Å². The molecule has 1 aliphatic rings. The quantitative estimate of drug-likeness (QED) is 0.136. The van der Waals surface area contributed by atoms with E-state index in [0.29, 0.717) is 17.5 Å². The molecule has 45 heavy (non-hydrogen) atoms. The number of nitrogens with one attached hydrogen (secondary N) is 1. The highest BCUT2D eigenvalue weighted by atomic mass is 32.2. The first-order valence-corrected chi connectivity index (χ1v) is 15.1. The Balaban J connectivity index is 1.53. The van der Waals surface area contributed by atoms with Crippen LogP contribution in [0.5, 0.6) is 29.0 Å². The van der Waals surface area contributed by atoms with Crippen molar-refractivity contribution >= 4 is 17.7 Å². The van der Waals surface area contributed by atoms with Crippen molar-refractivity contribution < 1.29 is 32.5 Å². The average molecular weight is 633 g/mol. The van der Waals surface area contributed by atoms with Crippen molar-refractivity contribution in [3.63, 3.8) is 0 Å². The molecule has 0 spiro atoms. The Morgan fingerprint density at radius 1 is 1.02 bits per heavy atom. The summed E-state index contributed by atoms with van der Waals surface area (Å²) in [6.07, 6.45) is -0.198. The Morgan fingerprint density at radius 3 is 2.42 bits per heavy atom. The lowest BCUT2D eigenvalue weighted by atomic mass is 10.1. The summed E-state index contributed by atoms with van der Waals surface area (Å²) in [6, 6.07) is 22.8. The Kier molecular flexibility index (Phi) is 10.5. The number of halogens is 2. The van der Waals surface area contributed by atoms with Gasteiger partial charge < -0.3 is 18.9 Å². The number of para-hydroxylation sites is 1. The average Bonchev–Trinajstić information content (AvgIpc) is 3.48. The number of benzene rings is 3. The lowest BCUT2D eigenvalue weighted by Gasteiger charge is -2.22. The van der Waals surface area contributed by atoms with Crippen LogP contribution in [-0.4, -0.2) is 48.4 Å². The van der Waals surface area contributed by atoms with Gasteiger partial charge in [0, 0.05) is 24.7 Å². The highest BCUT2D eigenvalue weighted by molar-refractivity contribution is 8.00. The van der Waals surface area contributed by atoms with Gasteiger partial charge in [0.05, 0.1) is 35.1 Å². The first-order chi connectivity index (χ1) is 21.9. The standard InChI is InChI=1S/C33H30F2N4O5S/c1-3-41-27(40)20-45-30-28(34)32(43-24-12-8-7-11-23(24)31-37-15-16-39(31)2)38-33(29(30)35)44-26-17-22(18-36)13-14-25(26)42-19-21-9-5-4-6-10-21/h4-14,17,31,37H,3,15-16,19-20H2,1-2H3. The minimum absolute atomic E-state index is 0.0209. The van der Waals surface area contributed by atoms with Gasteiger partial charge in [-0.05, 0) is 37.7 Å². The molecule has 12 heteroatoms. The van der Waals surface area contributed by atoms with E-state index in [1.54, 1.807) is 19.1 Å². The molecule has 1 N–H and O–H groups in total. The van der Waals surface area contributed by atoms with Crippen LogP contribution in [0.4, 0.5) is 8.78 Å². The van der Waals surface area contributed by atoms with Gasteiger partial charge in [0.25, 0.3) is 11.8 Å². The van der Waals surface area contributed by atoms with Crippen LogP contribution < -0.4 is 19.5 Å². The number of hydrogen-bond donors (Lipinski definition) is 1. The smallest absolute Gasteiger partial charge is 0.316 e. The third kappa shape index (κ3) is 7.69. The van der Waals surface area contributed by atoms with E-state index in [-0.39, 0.29) is 42.2 Å². The number of nitriles is 1. The molecule has 1 unspecified atom stereocenters. The Morgan fingerprint density at radius 2 is 1.73 bits per heavy atom. The summed E-state index contributed by atoms with van der Waals surface area (Å²) in [5, 5.41) is 12.9. The number of esters is 1. The molecule has 0 saturated carbocycles. The molecule has 9 nitrogen and oxygen atoms in total. The normalized spacial score (nSPS) is 14.5. The molecule has 3 aromatic carbocycles. The van der Waals surface area contributed by atoms with Gasteiger partial charge in [-0.25, -0.2) is 0 Å². The minimum atomic E-state index is -1.16. The van der Waals surface area contributed by atoms with E-state index in [1.807, 2.05) is 55.6 Å². The first kappa shape index (κ1) is 31.7. The van der Waals surface area contributed by atoms with Crippen molar-refractivity contribution in [3.8, 4) is 35.1 Å². The van der Waals surface area contributed by atoms with Crippen molar-refractivity contribution in [1.29, 1.82) is 5.26 Å². The molecule has 0 radical (unpaired) electrons. The van der Waals surface area contributed by atoms with Gasteiger partial charge >= 0.3 is 5.97 Å². The highest BCUT2D eigenvalue weighted by Gasteiger charge is 2.29. The Bertz CT molecular complexity index is 1700. The number of thioether (sulfide) groups is 1. The first-order valence-electron chi connectivity index (χ1n) is 14.1. The number of pyridine rings is 1. The maximum atomic E-state index is 15.9. The summed E-state index contributed by atoms with van der Waals surface area (Å²) in [7, 11) is 1.95. The molecule has 1 saturated heterocycles. The van der Waals surface area contributed by atoms with Gasteiger partial charge in [-0.2, -0.15) is 19.0 Å². The Hall–Kier alpha value is -4.70. The molecule has 232 valence electrons. The van der Waals surface area contributed by atoms with Crippen LogP contribution in [0.3, 0.4) is 0 Å². The highest BCUT2D eigenvalue weighted by Crippen LogP contribution is 2.41. The zero-order valence-corrected chi connectivity index (χ0v) is 25.4. The molecular weight excluding hydrogens is 602 g/mol. The summed E-state index contributed by atoms with van der Waals surface area (Å²) >= 11 is 0.592. The molecule has 0 bridgehead atoms. The molecule has 1 fully saturated rings. The molecule has 1 atom stereocenters. The zero-order chi connectivity index (χ0) is 31.8. The van der Waals surface area contributed by atoms with Crippen LogP contribution in [0.1, 0.15) is 29.8 Å². The van der Waals surface area contributed by atoms with Crippen LogP contribution in [0.15, 0.2) is 77.7 Å². The van der Waals surface area contributed by atoms with E-state index in [0.717, 1.165) is 24.2 Å². The van der Waals surface area contributed by atoms with E-state index in [9.17, 15) is 10.1 Å². The van der Waals surface area contributed by atoms with E-state index in [4.69, 9.17) is 18.9 Å². The summed E-state index contributed by atoms with van der Waals surface area (Å²) in [5.41, 5.74) is 1.81. The van der Waals surface area contributed by atoms with Gasteiger partial charge in [0.15, 0.2) is 11.5 Å². The third-order valence-corrected chi connectivity index (χ3v) is 7.82. The number of rotatable bonds is 12. The van der Waals surface area contributed by atoms with Crippen molar-refractivity contribution in [1.82, 2.24) is 15.2 Å². The summed E-state index contributed by atoms with van der Waals surface area (Å²) < 4.78 is 54.6. The van der Waals surface area contributed by atoms with E-state index in [2.05, 4.69) is 15.2 Å². The van der Waals surface area contributed by atoms with Crippen LogP contribution in [0.25, 0.3) is 0 Å². The molecule has 2 heterocycles. The van der Waals surface area contributed by atoms with Crippen LogP contribution in [-0.2, 0) is 16.1 Å². The lowest BCUT2D eigenvalue weighted by molar-refractivity contribution is -0.139. The Labute approximate surface area is 263 Å². The predicted molar refractivity (Wildman–Crippen MR) is 163 cm³/mol. The number of carbonyl (C=O) groups is 1. The SMILES string of the molecule is CCOC(=O)CSc1c(F)c(Oc2cc(C#N)ccc2OCc2ccccc2)nc(Oc2ccccc2C2NCCN2C)c1F. The molecule has 1 aromatic heterocycles. The second kappa shape index (κ2) is 14.9. The maximum absolute atomic E-state index is 15.9. The number of nitrogens with zero attached hydrogens (tertiary/aromatic N) is 3. The fourth-order valence-corrected chi connectivity index (χ4v) is 5.38.